The van der Waals surface area contributed by atoms with Gasteiger partial charge in [-0.15, -0.1) is 0 Å². The number of carbonyl (C=O) groups excluding carboxylic acids is 1. The summed E-state index contributed by atoms with van der Waals surface area (Å²) in [6.45, 7) is 0.462. The van der Waals surface area contributed by atoms with Gasteiger partial charge in [-0.25, -0.2) is 0 Å². The molecule has 2 aromatic carbocycles. The van der Waals surface area contributed by atoms with E-state index in [0.29, 0.717) is 30.2 Å². The van der Waals surface area contributed by atoms with Crippen LogP contribution in [0, 0.1) is 0 Å². The predicted octanol–water partition coefficient (Wildman–Crippen LogP) is 5.91. The zero-order chi connectivity index (χ0) is 15.2. The highest BCUT2D eigenvalue weighted by Crippen LogP contribution is 2.27. The maximum absolute atomic E-state index is 12.0. The molecule has 0 aliphatic heterocycles. The van der Waals surface area contributed by atoms with Crippen molar-refractivity contribution in [3.8, 4) is 5.75 Å². The van der Waals surface area contributed by atoms with Gasteiger partial charge in [-0.05, 0) is 36.8 Å². The molecular formula is C16H13Br2ClO2. The van der Waals surface area contributed by atoms with Crippen molar-refractivity contribution in [2.24, 2.45) is 0 Å². The maximum atomic E-state index is 12.0. The van der Waals surface area contributed by atoms with Gasteiger partial charge < -0.3 is 4.74 Å². The van der Waals surface area contributed by atoms with Gasteiger partial charge in [-0.2, -0.15) is 0 Å². The lowest BCUT2D eigenvalue weighted by Crippen LogP contribution is -2.04. The number of halogens is 3. The third-order valence-electron chi connectivity index (χ3n) is 2.87. The van der Waals surface area contributed by atoms with Crippen LogP contribution in [0.15, 0.2) is 51.4 Å². The summed E-state index contributed by atoms with van der Waals surface area (Å²) in [4.78, 5) is 12.0. The van der Waals surface area contributed by atoms with Crippen LogP contribution in [0.1, 0.15) is 23.2 Å². The number of hydrogen-bond donors (Lipinski definition) is 0. The molecule has 0 aromatic heterocycles. The van der Waals surface area contributed by atoms with E-state index < -0.39 is 0 Å². The molecule has 2 rings (SSSR count). The van der Waals surface area contributed by atoms with Gasteiger partial charge in [-0.3, -0.25) is 4.79 Å². The quantitative estimate of drug-likeness (QED) is 0.419. The summed E-state index contributed by atoms with van der Waals surface area (Å²) in [5.74, 6) is 0.754. The van der Waals surface area contributed by atoms with Crippen LogP contribution in [0.25, 0.3) is 0 Å². The third kappa shape index (κ3) is 5.13. The first-order valence-electron chi connectivity index (χ1n) is 6.43. The molecule has 0 heterocycles. The molecule has 0 radical (unpaired) electrons. The van der Waals surface area contributed by atoms with E-state index in [1.54, 1.807) is 6.07 Å². The Morgan fingerprint density at radius 1 is 1.05 bits per heavy atom. The second-order valence-electron chi connectivity index (χ2n) is 4.46. The van der Waals surface area contributed by atoms with Crippen molar-refractivity contribution in [3.63, 3.8) is 0 Å². The summed E-state index contributed by atoms with van der Waals surface area (Å²) in [6.07, 6.45) is 1.11. The second-order valence-corrected chi connectivity index (χ2v) is 6.70. The molecule has 0 N–H and O–H groups in total. The van der Waals surface area contributed by atoms with Gasteiger partial charge in [-0.1, -0.05) is 55.6 Å². The Kier molecular flexibility index (Phi) is 6.27. The average Bonchev–Trinajstić information content (AvgIpc) is 2.46. The molecule has 110 valence electrons. The van der Waals surface area contributed by atoms with Crippen molar-refractivity contribution in [2.45, 2.75) is 12.8 Å². The lowest BCUT2D eigenvalue weighted by atomic mass is 10.1. The van der Waals surface area contributed by atoms with E-state index in [9.17, 15) is 4.79 Å². The number of benzene rings is 2. The van der Waals surface area contributed by atoms with Crippen molar-refractivity contribution in [1.82, 2.24) is 0 Å². The molecule has 0 amide bonds. The Hall–Kier alpha value is -0.840. The van der Waals surface area contributed by atoms with Crippen molar-refractivity contribution < 1.29 is 9.53 Å². The monoisotopic (exact) mass is 430 g/mol. The SMILES string of the molecule is O=C(CCCOc1ccc(Br)cc1Cl)c1ccc(Br)cc1. The number of rotatable bonds is 6. The van der Waals surface area contributed by atoms with Crippen LogP contribution in [-0.2, 0) is 0 Å². The largest absolute Gasteiger partial charge is 0.492 e. The standard InChI is InChI=1S/C16H13Br2ClO2/c17-12-5-3-11(4-6-12)15(20)2-1-9-21-16-8-7-13(18)10-14(16)19/h3-8,10H,1-2,9H2. The number of carbonyl (C=O) groups is 1. The van der Waals surface area contributed by atoms with E-state index in [4.69, 9.17) is 16.3 Å². The minimum Gasteiger partial charge on any atom is -0.492 e. The van der Waals surface area contributed by atoms with Gasteiger partial charge in [0.1, 0.15) is 5.75 Å². The molecule has 0 aliphatic carbocycles. The van der Waals surface area contributed by atoms with Gasteiger partial charge >= 0.3 is 0 Å². The molecule has 0 fully saturated rings. The molecule has 0 spiro atoms. The van der Waals surface area contributed by atoms with E-state index in [1.807, 2.05) is 36.4 Å². The molecule has 0 bridgehead atoms. The summed E-state index contributed by atoms with van der Waals surface area (Å²) in [5.41, 5.74) is 0.722. The Labute approximate surface area is 145 Å². The first-order chi connectivity index (χ1) is 10.1. The number of hydrogen-bond acceptors (Lipinski definition) is 2. The average molecular weight is 433 g/mol. The minimum absolute atomic E-state index is 0.119. The normalized spacial score (nSPS) is 10.4. The van der Waals surface area contributed by atoms with Crippen molar-refractivity contribution in [3.05, 3.63) is 62.0 Å². The molecule has 2 nitrogen and oxygen atoms in total. The zero-order valence-corrected chi connectivity index (χ0v) is 15.0. The topological polar surface area (TPSA) is 26.3 Å². The van der Waals surface area contributed by atoms with Crippen LogP contribution in [0.2, 0.25) is 5.02 Å². The lowest BCUT2D eigenvalue weighted by molar-refractivity contribution is 0.0973. The van der Waals surface area contributed by atoms with Crippen LogP contribution >= 0.6 is 43.5 Å². The molecule has 2 aromatic rings. The van der Waals surface area contributed by atoms with E-state index in [2.05, 4.69) is 31.9 Å². The third-order valence-corrected chi connectivity index (χ3v) is 4.18. The minimum atomic E-state index is 0.119. The smallest absolute Gasteiger partial charge is 0.163 e. The maximum Gasteiger partial charge on any atom is 0.163 e. The Morgan fingerprint density at radius 3 is 2.38 bits per heavy atom. The molecule has 0 aliphatic rings. The fourth-order valence-corrected chi connectivity index (χ4v) is 2.78. The molecule has 5 heteroatoms. The van der Waals surface area contributed by atoms with E-state index in [0.717, 1.165) is 14.5 Å². The Balaban J connectivity index is 1.79. The molecule has 0 saturated carbocycles. The van der Waals surface area contributed by atoms with E-state index >= 15 is 0 Å². The van der Waals surface area contributed by atoms with E-state index in [1.165, 1.54) is 0 Å². The summed E-state index contributed by atoms with van der Waals surface area (Å²) in [6, 6.07) is 12.8. The molecule has 0 saturated heterocycles. The fraction of sp³-hybridized carbons (Fsp3) is 0.188. The van der Waals surface area contributed by atoms with Crippen molar-refractivity contribution >= 4 is 49.2 Å². The van der Waals surface area contributed by atoms with Crippen LogP contribution < -0.4 is 4.74 Å². The molecular weight excluding hydrogens is 419 g/mol. The van der Waals surface area contributed by atoms with Crippen LogP contribution in [0.4, 0.5) is 0 Å². The predicted molar refractivity (Wildman–Crippen MR) is 92.4 cm³/mol. The zero-order valence-electron chi connectivity index (χ0n) is 11.1. The van der Waals surface area contributed by atoms with Crippen molar-refractivity contribution in [2.75, 3.05) is 6.61 Å². The molecule has 21 heavy (non-hydrogen) atoms. The Morgan fingerprint density at radius 2 is 1.71 bits per heavy atom. The lowest BCUT2D eigenvalue weighted by Gasteiger charge is -2.08. The van der Waals surface area contributed by atoms with Crippen LogP contribution in [-0.4, -0.2) is 12.4 Å². The highest BCUT2D eigenvalue weighted by molar-refractivity contribution is 9.10. The first-order valence-corrected chi connectivity index (χ1v) is 8.39. The van der Waals surface area contributed by atoms with Gasteiger partial charge in [0.25, 0.3) is 0 Å². The fourth-order valence-electron chi connectivity index (χ4n) is 1.79. The first kappa shape index (κ1) is 16.5. The summed E-state index contributed by atoms with van der Waals surface area (Å²) >= 11 is 12.7. The summed E-state index contributed by atoms with van der Waals surface area (Å²) in [7, 11) is 0. The number of ketones is 1. The number of ether oxygens (including phenoxy) is 1. The molecule has 0 unspecified atom stereocenters. The van der Waals surface area contributed by atoms with Crippen LogP contribution in [0.3, 0.4) is 0 Å². The van der Waals surface area contributed by atoms with Crippen molar-refractivity contribution in [1.29, 1.82) is 0 Å². The van der Waals surface area contributed by atoms with Gasteiger partial charge in [0.15, 0.2) is 5.78 Å². The second kappa shape index (κ2) is 7.97. The summed E-state index contributed by atoms with van der Waals surface area (Å²) in [5, 5.41) is 0.559. The highest BCUT2D eigenvalue weighted by Gasteiger charge is 2.06. The van der Waals surface area contributed by atoms with E-state index in [-0.39, 0.29) is 5.78 Å². The van der Waals surface area contributed by atoms with Crippen LogP contribution in [0.5, 0.6) is 5.75 Å². The van der Waals surface area contributed by atoms with Gasteiger partial charge in [0, 0.05) is 20.9 Å². The number of Topliss-reactive ketones (excluding diaryl/α,β-unsaturated/α-hetero) is 1. The summed E-state index contributed by atoms with van der Waals surface area (Å²) < 4.78 is 7.46. The van der Waals surface area contributed by atoms with Gasteiger partial charge in [0.05, 0.1) is 11.6 Å². The van der Waals surface area contributed by atoms with Gasteiger partial charge in [0.2, 0.25) is 0 Å². The molecule has 0 atom stereocenters. The highest BCUT2D eigenvalue weighted by atomic mass is 79.9. The Bertz CT molecular complexity index is 627.